The minimum absolute atomic E-state index is 0.305. The molecule has 0 heterocycles. The van der Waals surface area contributed by atoms with Crippen molar-refractivity contribution >= 4 is 28.9 Å². The third kappa shape index (κ3) is 1.70. The van der Waals surface area contributed by atoms with Gasteiger partial charge in [-0.15, -0.1) is 0 Å². The molecule has 2 aliphatic rings. The average molecular weight is 256 g/mol. The van der Waals surface area contributed by atoms with Crippen LogP contribution in [0, 0.1) is 5.92 Å². The van der Waals surface area contributed by atoms with E-state index in [1.807, 2.05) is 18.2 Å². The van der Waals surface area contributed by atoms with Crippen LogP contribution in [-0.2, 0) is 0 Å². The van der Waals surface area contributed by atoms with Crippen molar-refractivity contribution in [3.8, 4) is 0 Å². The maximum absolute atomic E-state index is 6.21. The summed E-state index contributed by atoms with van der Waals surface area (Å²) in [6.45, 7) is 0. The van der Waals surface area contributed by atoms with Gasteiger partial charge in [-0.05, 0) is 50.2 Å². The molecular weight excluding hydrogens is 241 g/mol. The summed E-state index contributed by atoms with van der Waals surface area (Å²) in [5.41, 5.74) is 1.30. The largest absolute Gasteiger partial charge is 0.378 e. The standard InChI is InChI=1S/C13H15Cl2N/c14-10-2-1-3-11(12(10)15)16-13-6-4-9(8-13)5-7-13/h1-3,9,16H,4-8H2. The van der Waals surface area contributed by atoms with Gasteiger partial charge in [0.2, 0.25) is 0 Å². The van der Waals surface area contributed by atoms with E-state index < -0.39 is 0 Å². The fourth-order valence-corrected chi connectivity index (χ4v) is 3.60. The minimum Gasteiger partial charge on any atom is -0.378 e. The molecule has 2 saturated carbocycles. The summed E-state index contributed by atoms with van der Waals surface area (Å²) in [7, 11) is 0. The van der Waals surface area contributed by atoms with Crippen molar-refractivity contribution in [2.75, 3.05) is 5.32 Å². The second kappa shape index (κ2) is 3.82. The summed E-state index contributed by atoms with van der Waals surface area (Å²) in [5, 5.41) is 4.93. The molecule has 16 heavy (non-hydrogen) atoms. The Kier molecular flexibility index (Phi) is 2.56. The topological polar surface area (TPSA) is 12.0 Å². The van der Waals surface area contributed by atoms with Crippen LogP contribution >= 0.6 is 23.2 Å². The molecule has 0 amide bonds. The molecule has 0 spiro atoms. The van der Waals surface area contributed by atoms with Crippen LogP contribution in [0.2, 0.25) is 10.0 Å². The highest BCUT2D eigenvalue weighted by atomic mass is 35.5. The van der Waals surface area contributed by atoms with Gasteiger partial charge in [0.25, 0.3) is 0 Å². The predicted octanol–water partition coefficient (Wildman–Crippen LogP) is 4.74. The number of hydrogen-bond acceptors (Lipinski definition) is 1. The Morgan fingerprint density at radius 2 is 1.94 bits per heavy atom. The summed E-state index contributed by atoms with van der Waals surface area (Å²) >= 11 is 12.2. The molecule has 0 atom stereocenters. The maximum atomic E-state index is 6.21. The Morgan fingerprint density at radius 3 is 2.56 bits per heavy atom. The van der Waals surface area contributed by atoms with Crippen LogP contribution < -0.4 is 5.32 Å². The van der Waals surface area contributed by atoms with Crippen LogP contribution in [-0.4, -0.2) is 5.54 Å². The second-order valence-electron chi connectivity index (χ2n) is 5.15. The molecule has 1 N–H and O–H groups in total. The predicted molar refractivity (Wildman–Crippen MR) is 69.4 cm³/mol. The monoisotopic (exact) mass is 255 g/mol. The van der Waals surface area contributed by atoms with Gasteiger partial charge in [-0.2, -0.15) is 0 Å². The Hall–Kier alpha value is -0.400. The van der Waals surface area contributed by atoms with Crippen LogP contribution in [0.25, 0.3) is 0 Å². The van der Waals surface area contributed by atoms with Gasteiger partial charge in [-0.3, -0.25) is 0 Å². The van der Waals surface area contributed by atoms with Crippen LogP contribution in [0.3, 0.4) is 0 Å². The third-order valence-corrected chi connectivity index (χ3v) is 4.91. The summed E-state index contributed by atoms with van der Waals surface area (Å²) in [6, 6.07) is 5.81. The van der Waals surface area contributed by atoms with E-state index in [9.17, 15) is 0 Å². The van der Waals surface area contributed by atoms with E-state index in [1.54, 1.807) is 0 Å². The van der Waals surface area contributed by atoms with Gasteiger partial charge in [0, 0.05) is 5.54 Å². The Balaban J connectivity index is 1.86. The Bertz CT molecular complexity index is 408. The highest BCUT2D eigenvalue weighted by Gasteiger charge is 2.44. The summed E-state index contributed by atoms with van der Waals surface area (Å²) < 4.78 is 0. The van der Waals surface area contributed by atoms with Gasteiger partial charge in [0.15, 0.2) is 0 Å². The van der Waals surface area contributed by atoms with Crippen LogP contribution in [0.1, 0.15) is 32.1 Å². The lowest BCUT2D eigenvalue weighted by Gasteiger charge is -2.29. The van der Waals surface area contributed by atoms with Gasteiger partial charge in [-0.25, -0.2) is 0 Å². The molecule has 2 fully saturated rings. The van der Waals surface area contributed by atoms with Crippen molar-refractivity contribution in [3.63, 3.8) is 0 Å². The van der Waals surface area contributed by atoms with E-state index in [0.717, 1.165) is 11.6 Å². The summed E-state index contributed by atoms with van der Waals surface area (Å²) in [4.78, 5) is 0. The molecule has 0 unspecified atom stereocenters. The fraction of sp³-hybridized carbons (Fsp3) is 0.538. The van der Waals surface area contributed by atoms with E-state index in [2.05, 4.69) is 5.32 Å². The normalized spacial score (nSPS) is 32.0. The number of halogens is 2. The molecule has 0 aliphatic heterocycles. The average Bonchev–Trinajstić information content (AvgIpc) is 2.85. The molecule has 0 radical (unpaired) electrons. The summed E-state index contributed by atoms with van der Waals surface area (Å²) in [6.07, 6.45) is 6.59. The van der Waals surface area contributed by atoms with Crippen molar-refractivity contribution in [2.45, 2.75) is 37.6 Å². The first-order valence-corrected chi connectivity index (χ1v) is 6.66. The van der Waals surface area contributed by atoms with Crippen molar-refractivity contribution in [3.05, 3.63) is 28.2 Å². The van der Waals surface area contributed by atoms with Crippen LogP contribution in [0.5, 0.6) is 0 Å². The molecular formula is C13H15Cl2N. The van der Waals surface area contributed by atoms with Crippen molar-refractivity contribution in [1.29, 1.82) is 0 Å². The summed E-state index contributed by atoms with van der Waals surface area (Å²) in [5.74, 6) is 0.936. The number of rotatable bonds is 2. The van der Waals surface area contributed by atoms with Crippen molar-refractivity contribution in [1.82, 2.24) is 0 Å². The maximum Gasteiger partial charge on any atom is 0.0823 e. The van der Waals surface area contributed by atoms with Gasteiger partial charge in [0.05, 0.1) is 15.7 Å². The van der Waals surface area contributed by atoms with Gasteiger partial charge in [0.1, 0.15) is 0 Å². The van der Waals surface area contributed by atoms with Gasteiger partial charge < -0.3 is 5.32 Å². The molecule has 2 aliphatic carbocycles. The van der Waals surface area contributed by atoms with E-state index in [1.165, 1.54) is 32.1 Å². The first-order valence-electron chi connectivity index (χ1n) is 5.91. The third-order valence-electron chi connectivity index (χ3n) is 4.09. The Morgan fingerprint density at radius 1 is 1.19 bits per heavy atom. The lowest BCUT2D eigenvalue weighted by molar-refractivity contribution is 0.447. The Labute approximate surface area is 106 Å². The molecule has 1 nitrogen and oxygen atoms in total. The molecule has 1 aromatic rings. The zero-order valence-corrected chi connectivity index (χ0v) is 10.6. The van der Waals surface area contributed by atoms with Crippen molar-refractivity contribution < 1.29 is 0 Å². The first-order chi connectivity index (χ1) is 7.69. The molecule has 0 aromatic heterocycles. The first kappa shape index (κ1) is 10.7. The van der Waals surface area contributed by atoms with Crippen molar-refractivity contribution in [2.24, 2.45) is 5.92 Å². The number of fused-ring (bicyclic) bond motifs is 2. The molecule has 86 valence electrons. The number of hydrogen-bond donors (Lipinski definition) is 1. The quantitative estimate of drug-likeness (QED) is 0.805. The highest BCUT2D eigenvalue weighted by molar-refractivity contribution is 6.43. The molecule has 3 rings (SSSR count). The molecule has 0 saturated heterocycles. The van der Waals surface area contributed by atoms with Gasteiger partial charge >= 0.3 is 0 Å². The zero-order chi connectivity index (χ0) is 11.2. The van der Waals surface area contributed by atoms with Gasteiger partial charge in [-0.1, -0.05) is 29.3 Å². The smallest absolute Gasteiger partial charge is 0.0823 e. The number of nitrogens with one attached hydrogen (secondary N) is 1. The molecule has 3 heteroatoms. The lowest BCUT2D eigenvalue weighted by atomic mass is 9.93. The highest BCUT2D eigenvalue weighted by Crippen LogP contribution is 2.50. The van der Waals surface area contributed by atoms with Crippen LogP contribution in [0.4, 0.5) is 5.69 Å². The molecule has 2 bridgehead atoms. The SMILES string of the molecule is Clc1cccc(NC23CCC(CC2)C3)c1Cl. The minimum atomic E-state index is 0.305. The number of anilines is 1. The van der Waals surface area contributed by atoms with E-state index in [-0.39, 0.29) is 0 Å². The molecule has 1 aromatic carbocycles. The van der Waals surface area contributed by atoms with Crippen LogP contribution in [0.15, 0.2) is 18.2 Å². The van der Waals surface area contributed by atoms with E-state index in [4.69, 9.17) is 23.2 Å². The lowest BCUT2D eigenvalue weighted by Crippen LogP contribution is -2.33. The second-order valence-corrected chi connectivity index (χ2v) is 5.94. The zero-order valence-electron chi connectivity index (χ0n) is 9.10. The number of benzene rings is 1. The fourth-order valence-electron chi connectivity index (χ4n) is 3.25. The van der Waals surface area contributed by atoms with E-state index >= 15 is 0 Å². The van der Waals surface area contributed by atoms with E-state index in [0.29, 0.717) is 15.6 Å².